The van der Waals surface area contributed by atoms with Crippen molar-refractivity contribution in [1.82, 2.24) is 4.90 Å². The molecule has 1 saturated heterocycles. The molecule has 6 heteroatoms. The van der Waals surface area contributed by atoms with Gasteiger partial charge in [0.25, 0.3) is 0 Å². The fraction of sp³-hybridized carbons (Fsp3) is 0.348. The van der Waals surface area contributed by atoms with Crippen LogP contribution in [0, 0.1) is 16.7 Å². The van der Waals surface area contributed by atoms with Gasteiger partial charge in [-0.05, 0) is 35.1 Å². The summed E-state index contributed by atoms with van der Waals surface area (Å²) in [5, 5.41) is 18.4. The number of amides is 1. The number of fused-ring (bicyclic) bond motifs is 3. The van der Waals surface area contributed by atoms with Crippen LogP contribution in [0.3, 0.4) is 0 Å². The molecule has 0 saturated carbocycles. The summed E-state index contributed by atoms with van der Waals surface area (Å²) in [5.74, 6) is -0.973. The quantitative estimate of drug-likeness (QED) is 0.852. The molecule has 0 spiro atoms. The van der Waals surface area contributed by atoms with Gasteiger partial charge in [-0.1, -0.05) is 48.5 Å². The average Bonchev–Trinajstić information content (AvgIpc) is 3.06. The lowest BCUT2D eigenvalue weighted by Crippen LogP contribution is -2.46. The molecule has 1 N–H and O–H groups in total. The highest BCUT2D eigenvalue weighted by atomic mass is 16.6. The number of hydrogen-bond acceptors (Lipinski definition) is 4. The predicted octanol–water partition coefficient (Wildman–Crippen LogP) is 4.02. The molecule has 1 heterocycles. The van der Waals surface area contributed by atoms with Gasteiger partial charge in [0.15, 0.2) is 0 Å². The van der Waals surface area contributed by atoms with Crippen molar-refractivity contribution in [3.05, 3.63) is 59.7 Å². The van der Waals surface area contributed by atoms with Crippen LogP contribution in [-0.2, 0) is 9.53 Å². The zero-order valence-corrected chi connectivity index (χ0v) is 16.0. The molecular weight excluding hydrogens is 368 g/mol. The van der Waals surface area contributed by atoms with E-state index >= 15 is 0 Å². The van der Waals surface area contributed by atoms with Gasteiger partial charge in [-0.2, -0.15) is 5.26 Å². The minimum Gasteiger partial charge on any atom is -0.481 e. The molecule has 0 aromatic heterocycles. The summed E-state index contributed by atoms with van der Waals surface area (Å²) in [7, 11) is 0. The number of hydrogen-bond donors (Lipinski definition) is 1. The molecule has 148 valence electrons. The standard InChI is InChI=1S/C23H22N2O4/c24-12-9-23(21(26)27)10-13-25(14-11-23)22(28)29-15-20-18-7-3-1-5-16(18)17-6-2-4-8-19(17)20/h1-8,20H,9-11,13-15H2,(H,26,27). The van der Waals surface area contributed by atoms with E-state index in [-0.39, 0.29) is 44.9 Å². The van der Waals surface area contributed by atoms with E-state index in [1.807, 2.05) is 30.3 Å². The Hall–Kier alpha value is -3.33. The summed E-state index contributed by atoms with van der Waals surface area (Å²) >= 11 is 0. The van der Waals surface area contributed by atoms with E-state index in [0.717, 1.165) is 11.1 Å². The van der Waals surface area contributed by atoms with Gasteiger partial charge in [0.1, 0.15) is 6.61 Å². The summed E-state index contributed by atoms with van der Waals surface area (Å²) in [6, 6.07) is 18.3. The van der Waals surface area contributed by atoms with Crippen molar-refractivity contribution >= 4 is 12.1 Å². The van der Waals surface area contributed by atoms with Crippen LogP contribution < -0.4 is 0 Å². The zero-order valence-electron chi connectivity index (χ0n) is 16.0. The molecule has 0 atom stereocenters. The van der Waals surface area contributed by atoms with E-state index < -0.39 is 17.5 Å². The summed E-state index contributed by atoms with van der Waals surface area (Å²) in [6.07, 6.45) is 0.0592. The van der Waals surface area contributed by atoms with Gasteiger partial charge in [-0.15, -0.1) is 0 Å². The maximum atomic E-state index is 12.6. The van der Waals surface area contributed by atoms with Gasteiger partial charge in [0.2, 0.25) is 0 Å². The van der Waals surface area contributed by atoms with E-state index in [1.54, 1.807) is 4.90 Å². The van der Waals surface area contributed by atoms with Crippen molar-refractivity contribution in [3.63, 3.8) is 0 Å². The maximum absolute atomic E-state index is 12.6. The first kappa shape index (κ1) is 19.0. The van der Waals surface area contributed by atoms with E-state index in [4.69, 9.17) is 10.00 Å². The molecule has 29 heavy (non-hydrogen) atoms. The SMILES string of the molecule is N#CCC1(C(=O)O)CCN(C(=O)OCC2c3ccccc3-c3ccccc32)CC1. The Morgan fingerprint density at radius 3 is 2.14 bits per heavy atom. The zero-order chi connectivity index (χ0) is 20.4. The van der Waals surface area contributed by atoms with Crippen molar-refractivity contribution in [1.29, 1.82) is 5.26 Å². The van der Waals surface area contributed by atoms with Crippen LogP contribution in [0.5, 0.6) is 0 Å². The molecular formula is C23H22N2O4. The van der Waals surface area contributed by atoms with Crippen LogP contribution in [0.2, 0.25) is 0 Å². The number of benzene rings is 2. The summed E-state index contributed by atoms with van der Waals surface area (Å²) in [5.41, 5.74) is 3.59. The largest absolute Gasteiger partial charge is 0.481 e. The van der Waals surface area contributed by atoms with Crippen LogP contribution in [0.1, 0.15) is 36.3 Å². The fourth-order valence-corrected chi connectivity index (χ4v) is 4.42. The maximum Gasteiger partial charge on any atom is 0.409 e. The van der Waals surface area contributed by atoms with Crippen molar-refractivity contribution in [3.8, 4) is 17.2 Å². The highest BCUT2D eigenvalue weighted by Crippen LogP contribution is 2.44. The molecule has 1 fully saturated rings. The van der Waals surface area contributed by atoms with Gasteiger partial charge in [-0.25, -0.2) is 4.79 Å². The van der Waals surface area contributed by atoms with Gasteiger partial charge >= 0.3 is 12.1 Å². The van der Waals surface area contributed by atoms with Crippen LogP contribution >= 0.6 is 0 Å². The highest BCUT2D eigenvalue weighted by molar-refractivity contribution is 5.79. The molecule has 2 aromatic carbocycles. The van der Waals surface area contributed by atoms with Gasteiger partial charge in [-0.3, -0.25) is 4.79 Å². The number of rotatable bonds is 4. The number of piperidine rings is 1. The normalized spacial score (nSPS) is 17.1. The third kappa shape index (κ3) is 3.33. The third-order valence-corrected chi connectivity index (χ3v) is 6.19. The molecule has 0 unspecified atom stereocenters. The molecule has 2 aromatic rings. The number of nitrogens with zero attached hydrogens (tertiary/aromatic N) is 2. The van der Waals surface area contributed by atoms with E-state index in [1.165, 1.54) is 11.1 Å². The lowest BCUT2D eigenvalue weighted by molar-refractivity contribution is -0.151. The second kappa shape index (κ2) is 7.59. The monoisotopic (exact) mass is 390 g/mol. The Balaban J connectivity index is 1.42. The number of nitriles is 1. The Morgan fingerprint density at radius 2 is 1.62 bits per heavy atom. The lowest BCUT2D eigenvalue weighted by Gasteiger charge is -2.37. The fourth-order valence-electron chi connectivity index (χ4n) is 4.42. The molecule has 2 aliphatic rings. The minimum atomic E-state index is -1.06. The molecule has 6 nitrogen and oxygen atoms in total. The average molecular weight is 390 g/mol. The topological polar surface area (TPSA) is 90.6 Å². The van der Waals surface area contributed by atoms with Crippen molar-refractivity contribution in [2.75, 3.05) is 19.7 Å². The van der Waals surface area contributed by atoms with Crippen molar-refractivity contribution in [2.45, 2.75) is 25.2 Å². The van der Waals surface area contributed by atoms with Crippen LogP contribution in [0.4, 0.5) is 4.79 Å². The Labute approximate surface area is 169 Å². The van der Waals surface area contributed by atoms with Gasteiger partial charge < -0.3 is 14.7 Å². The second-order valence-electron chi connectivity index (χ2n) is 7.71. The number of carboxylic acids is 1. The number of carboxylic acid groups (broad SMARTS) is 1. The number of aliphatic carboxylic acids is 1. The van der Waals surface area contributed by atoms with E-state index in [0.29, 0.717) is 0 Å². The molecule has 0 radical (unpaired) electrons. The summed E-state index contributed by atoms with van der Waals surface area (Å²) in [4.78, 5) is 25.7. The first-order valence-electron chi connectivity index (χ1n) is 9.76. The van der Waals surface area contributed by atoms with E-state index in [2.05, 4.69) is 24.3 Å². The lowest BCUT2D eigenvalue weighted by atomic mass is 9.76. The molecule has 4 rings (SSSR count). The molecule has 0 bridgehead atoms. The summed E-state index contributed by atoms with van der Waals surface area (Å²) < 4.78 is 5.64. The highest BCUT2D eigenvalue weighted by Gasteiger charge is 2.42. The van der Waals surface area contributed by atoms with Crippen LogP contribution in [-0.4, -0.2) is 41.8 Å². The first-order chi connectivity index (χ1) is 14.1. The minimum absolute atomic E-state index is 0.00663. The summed E-state index contributed by atoms with van der Waals surface area (Å²) in [6.45, 7) is 0.806. The Morgan fingerprint density at radius 1 is 1.07 bits per heavy atom. The van der Waals surface area contributed by atoms with Gasteiger partial charge in [0.05, 0.1) is 17.9 Å². The predicted molar refractivity (Wildman–Crippen MR) is 106 cm³/mol. The number of carbonyl (C=O) groups is 2. The molecule has 1 amide bonds. The van der Waals surface area contributed by atoms with Crippen molar-refractivity contribution in [2.24, 2.45) is 5.41 Å². The van der Waals surface area contributed by atoms with Crippen LogP contribution in [0.25, 0.3) is 11.1 Å². The van der Waals surface area contributed by atoms with Gasteiger partial charge in [0, 0.05) is 19.0 Å². The number of ether oxygens (including phenoxy) is 1. The Kier molecular flexibility index (Phi) is 4.98. The Bertz CT molecular complexity index is 941. The molecule has 1 aliphatic heterocycles. The third-order valence-electron chi connectivity index (χ3n) is 6.19. The van der Waals surface area contributed by atoms with E-state index in [9.17, 15) is 14.7 Å². The number of likely N-dealkylation sites (tertiary alicyclic amines) is 1. The first-order valence-corrected chi connectivity index (χ1v) is 9.76. The van der Waals surface area contributed by atoms with Crippen molar-refractivity contribution < 1.29 is 19.4 Å². The number of carbonyl (C=O) groups excluding carboxylic acids is 1. The smallest absolute Gasteiger partial charge is 0.409 e. The molecule has 1 aliphatic carbocycles. The second-order valence-corrected chi connectivity index (χ2v) is 7.71. The van der Waals surface area contributed by atoms with Crippen LogP contribution in [0.15, 0.2) is 48.5 Å².